The third-order valence-corrected chi connectivity index (χ3v) is 3.49. The second-order valence-electron chi connectivity index (χ2n) is 4.56. The zero-order valence-corrected chi connectivity index (χ0v) is 13.5. The smallest absolute Gasteiger partial charge is 0.162 e. The second-order valence-corrected chi connectivity index (χ2v) is 4.56. The maximum absolute atomic E-state index is 10.2. The first-order valence-electron chi connectivity index (χ1n) is 6.45. The van der Waals surface area contributed by atoms with Crippen molar-refractivity contribution in [3.63, 3.8) is 0 Å². The third-order valence-electron chi connectivity index (χ3n) is 3.49. The average molecular weight is 334 g/mol. The van der Waals surface area contributed by atoms with Crippen LogP contribution in [0.4, 0.5) is 0 Å². The SMILES string of the molecule is COc1cccc([C@H](CC#N)N2CCNCC2)c1O.Cl.Cl. The van der Waals surface area contributed by atoms with Crippen LogP contribution in [0.1, 0.15) is 18.0 Å². The molecule has 0 saturated carbocycles. The van der Waals surface area contributed by atoms with Crippen LogP contribution in [-0.2, 0) is 0 Å². The van der Waals surface area contributed by atoms with Gasteiger partial charge in [0.2, 0.25) is 0 Å². The lowest BCUT2D eigenvalue weighted by atomic mass is 10.00. The maximum Gasteiger partial charge on any atom is 0.162 e. The van der Waals surface area contributed by atoms with E-state index in [1.807, 2.05) is 12.1 Å². The maximum atomic E-state index is 10.2. The number of nitrogens with one attached hydrogen (secondary N) is 1. The van der Waals surface area contributed by atoms with Crippen LogP contribution >= 0.6 is 24.8 Å². The Bertz CT molecular complexity index is 474. The number of piperazine rings is 1. The molecular weight excluding hydrogens is 313 g/mol. The number of ether oxygens (including phenoxy) is 1. The van der Waals surface area contributed by atoms with Gasteiger partial charge in [-0.1, -0.05) is 12.1 Å². The fourth-order valence-electron chi connectivity index (χ4n) is 2.49. The lowest BCUT2D eigenvalue weighted by molar-refractivity contribution is 0.172. The molecule has 0 bridgehead atoms. The van der Waals surface area contributed by atoms with Gasteiger partial charge in [0.1, 0.15) is 0 Å². The number of aromatic hydroxyl groups is 1. The minimum Gasteiger partial charge on any atom is -0.504 e. The lowest BCUT2D eigenvalue weighted by Gasteiger charge is -2.34. The summed E-state index contributed by atoms with van der Waals surface area (Å²) in [5, 5.41) is 22.6. The van der Waals surface area contributed by atoms with Gasteiger partial charge in [0.05, 0.1) is 25.6 Å². The van der Waals surface area contributed by atoms with Crippen LogP contribution in [-0.4, -0.2) is 43.3 Å². The fourth-order valence-corrected chi connectivity index (χ4v) is 2.49. The van der Waals surface area contributed by atoms with Crippen molar-refractivity contribution in [3.8, 4) is 17.6 Å². The Hall–Kier alpha value is -1.19. The second kappa shape index (κ2) is 9.69. The number of phenols is 1. The van der Waals surface area contributed by atoms with E-state index in [-0.39, 0.29) is 36.6 Å². The predicted octanol–water partition coefficient (Wildman–Crippen LogP) is 2.10. The van der Waals surface area contributed by atoms with Gasteiger partial charge in [-0.3, -0.25) is 4.90 Å². The molecule has 1 atom stereocenters. The number of nitrogens with zero attached hydrogens (tertiary/aromatic N) is 2. The highest BCUT2D eigenvalue weighted by molar-refractivity contribution is 5.85. The first-order valence-corrected chi connectivity index (χ1v) is 6.45. The summed E-state index contributed by atoms with van der Waals surface area (Å²) in [5.74, 6) is 0.597. The molecule has 7 heteroatoms. The molecule has 1 saturated heterocycles. The minimum absolute atomic E-state index is 0. The molecule has 1 aliphatic rings. The first-order chi connectivity index (χ1) is 9.27. The Morgan fingerprint density at radius 1 is 1.38 bits per heavy atom. The predicted molar refractivity (Wildman–Crippen MR) is 86.6 cm³/mol. The molecule has 0 unspecified atom stereocenters. The van der Waals surface area contributed by atoms with Crippen LogP contribution in [0.2, 0.25) is 0 Å². The molecule has 0 amide bonds. The van der Waals surface area contributed by atoms with E-state index in [4.69, 9.17) is 10.00 Å². The number of hydrogen-bond acceptors (Lipinski definition) is 5. The summed E-state index contributed by atoms with van der Waals surface area (Å²) >= 11 is 0. The summed E-state index contributed by atoms with van der Waals surface area (Å²) in [4.78, 5) is 2.23. The van der Waals surface area contributed by atoms with Crippen molar-refractivity contribution in [2.24, 2.45) is 0 Å². The normalized spacial score (nSPS) is 16.0. The van der Waals surface area contributed by atoms with Crippen LogP contribution in [0.25, 0.3) is 0 Å². The van der Waals surface area contributed by atoms with Gasteiger partial charge >= 0.3 is 0 Å². The number of nitriles is 1. The molecule has 1 aromatic rings. The van der Waals surface area contributed by atoms with Crippen LogP contribution in [0, 0.1) is 11.3 Å². The van der Waals surface area contributed by atoms with Crippen molar-refractivity contribution in [3.05, 3.63) is 23.8 Å². The van der Waals surface area contributed by atoms with E-state index in [0.29, 0.717) is 12.2 Å². The molecule has 21 heavy (non-hydrogen) atoms. The van der Waals surface area contributed by atoms with E-state index >= 15 is 0 Å². The quantitative estimate of drug-likeness (QED) is 0.883. The van der Waals surface area contributed by atoms with Crippen molar-refractivity contribution < 1.29 is 9.84 Å². The van der Waals surface area contributed by atoms with Crippen LogP contribution < -0.4 is 10.1 Å². The van der Waals surface area contributed by atoms with Crippen molar-refractivity contribution in [1.82, 2.24) is 10.2 Å². The molecule has 1 heterocycles. The number of para-hydroxylation sites is 1. The van der Waals surface area contributed by atoms with Gasteiger partial charge in [0, 0.05) is 31.7 Å². The van der Waals surface area contributed by atoms with Crippen LogP contribution in [0.5, 0.6) is 11.5 Å². The Morgan fingerprint density at radius 2 is 2.05 bits per heavy atom. The standard InChI is InChI=1S/C14H19N3O2.2ClH/c1-19-13-4-2-3-11(14(13)18)12(5-6-15)17-9-7-16-8-10-17;;/h2-4,12,16,18H,5,7-10H2,1H3;2*1H/t12-;;/m0../s1. The molecular formula is C14H21Cl2N3O2. The summed E-state index contributed by atoms with van der Waals surface area (Å²) in [6.45, 7) is 3.57. The highest BCUT2D eigenvalue weighted by atomic mass is 35.5. The third kappa shape index (κ3) is 4.65. The topological polar surface area (TPSA) is 68.5 Å². The summed E-state index contributed by atoms with van der Waals surface area (Å²) in [6, 6.07) is 7.57. The summed E-state index contributed by atoms with van der Waals surface area (Å²) in [7, 11) is 1.53. The number of benzene rings is 1. The van der Waals surface area contributed by atoms with Crippen molar-refractivity contribution in [1.29, 1.82) is 5.26 Å². The zero-order chi connectivity index (χ0) is 13.7. The summed E-state index contributed by atoms with van der Waals surface area (Å²) in [5.41, 5.74) is 0.766. The Balaban J connectivity index is 0.00000200. The van der Waals surface area contributed by atoms with E-state index in [2.05, 4.69) is 16.3 Å². The summed E-state index contributed by atoms with van der Waals surface area (Å²) in [6.07, 6.45) is 0.362. The van der Waals surface area contributed by atoms with Gasteiger partial charge in [0.25, 0.3) is 0 Å². The Labute approximate surface area is 137 Å². The van der Waals surface area contributed by atoms with Gasteiger partial charge in [-0.15, -0.1) is 24.8 Å². The van der Waals surface area contributed by atoms with Crippen molar-refractivity contribution >= 4 is 24.8 Å². The van der Waals surface area contributed by atoms with E-state index in [9.17, 15) is 5.11 Å². The number of methoxy groups -OCH3 is 1. The number of rotatable bonds is 4. The minimum atomic E-state index is -0.0813. The number of halogens is 2. The molecule has 5 nitrogen and oxygen atoms in total. The van der Waals surface area contributed by atoms with Crippen molar-refractivity contribution in [2.75, 3.05) is 33.3 Å². The van der Waals surface area contributed by atoms with Crippen LogP contribution in [0.15, 0.2) is 18.2 Å². The molecule has 2 N–H and O–H groups in total. The largest absolute Gasteiger partial charge is 0.504 e. The highest BCUT2D eigenvalue weighted by Gasteiger charge is 2.25. The molecule has 1 fully saturated rings. The van der Waals surface area contributed by atoms with Gasteiger partial charge < -0.3 is 15.2 Å². The molecule has 1 aromatic carbocycles. The van der Waals surface area contributed by atoms with E-state index < -0.39 is 0 Å². The molecule has 1 aliphatic heterocycles. The molecule has 0 aromatic heterocycles. The van der Waals surface area contributed by atoms with E-state index in [1.165, 1.54) is 7.11 Å². The number of phenolic OH excluding ortho intramolecular Hbond substituents is 1. The van der Waals surface area contributed by atoms with Gasteiger partial charge in [-0.05, 0) is 6.07 Å². The molecule has 0 radical (unpaired) electrons. The molecule has 0 spiro atoms. The lowest BCUT2D eigenvalue weighted by Crippen LogP contribution is -2.45. The van der Waals surface area contributed by atoms with Gasteiger partial charge in [-0.25, -0.2) is 0 Å². The first kappa shape index (κ1) is 19.8. The van der Waals surface area contributed by atoms with Crippen molar-refractivity contribution in [2.45, 2.75) is 12.5 Å². The monoisotopic (exact) mass is 333 g/mol. The zero-order valence-electron chi connectivity index (χ0n) is 11.9. The Morgan fingerprint density at radius 3 is 2.62 bits per heavy atom. The average Bonchev–Trinajstić information content (AvgIpc) is 2.46. The molecule has 2 rings (SSSR count). The van der Waals surface area contributed by atoms with E-state index in [1.54, 1.807) is 6.07 Å². The van der Waals surface area contributed by atoms with E-state index in [0.717, 1.165) is 31.7 Å². The van der Waals surface area contributed by atoms with Crippen LogP contribution in [0.3, 0.4) is 0 Å². The fraction of sp³-hybridized carbons (Fsp3) is 0.500. The van der Waals surface area contributed by atoms with Gasteiger partial charge in [0.15, 0.2) is 11.5 Å². The summed E-state index contributed by atoms with van der Waals surface area (Å²) < 4.78 is 5.14. The van der Waals surface area contributed by atoms with Gasteiger partial charge in [-0.2, -0.15) is 5.26 Å². The number of hydrogen-bond donors (Lipinski definition) is 2. The highest BCUT2D eigenvalue weighted by Crippen LogP contribution is 2.37. The molecule has 0 aliphatic carbocycles. The Kier molecular flexibility index (Phi) is 9.14. The molecule has 118 valence electrons.